The maximum Gasteiger partial charge on any atom is 0.251 e. The molecule has 1 aliphatic rings. The highest BCUT2D eigenvalue weighted by Crippen LogP contribution is 2.33. The van der Waals surface area contributed by atoms with E-state index in [0.29, 0.717) is 6.54 Å². The molecular formula is C22H28N2O3S. The Morgan fingerprint density at radius 3 is 2.54 bits per heavy atom. The van der Waals surface area contributed by atoms with Crippen LogP contribution in [0.2, 0.25) is 0 Å². The molecule has 1 N–H and O–H groups in total. The zero-order valence-electron chi connectivity index (χ0n) is 17.0. The van der Waals surface area contributed by atoms with Gasteiger partial charge in [0.2, 0.25) is 0 Å². The molecule has 0 aliphatic carbocycles. The van der Waals surface area contributed by atoms with E-state index >= 15 is 0 Å². The molecule has 1 aliphatic heterocycles. The van der Waals surface area contributed by atoms with Gasteiger partial charge in [0, 0.05) is 36.6 Å². The van der Waals surface area contributed by atoms with Crippen LogP contribution in [-0.2, 0) is 13.0 Å². The van der Waals surface area contributed by atoms with Crippen LogP contribution in [0.1, 0.15) is 27.0 Å². The Bertz CT molecular complexity index is 854. The molecule has 1 heterocycles. The second-order valence-corrected chi connectivity index (χ2v) is 7.82. The number of hydrogen-bond donors (Lipinski definition) is 1. The number of ether oxygens (including phenoxy) is 2. The maximum atomic E-state index is 12.6. The lowest BCUT2D eigenvalue weighted by Gasteiger charge is -2.29. The number of carbonyl (C=O) groups is 1. The zero-order valence-corrected chi connectivity index (χ0v) is 17.8. The number of amides is 1. The lowest BCUT2D eigenvalue weighted by Crippen LogP contribution is -2.38. The molecule has 0 unspecified atom stereocenters. The molecule has 0 radical (unpaired) electrons. The third kappa shape index (κ3) is 4.62. The summed E-state index contributed by atoms with van der Waals surface area (Å²) < 4.78 is 10.8. The summed E-state index contributed by atoms with van der Waals surface area (Å²) in [5, 5.41) is 3.07. The topological polar surface area (TPSA) is 50.8 Å². The molecular weight excluding hydrogens is 372 g/mol. The molecule has 0 atom stereocenters. The highest BCUT2D eigenvalue weighted by molar-refractivity contribution is 7.98. The van der Waals surface area contributed by atoms with Gasteiger partial charge in [-0.3, -0.25) is 9.69 Å². The van der Waals surface area contributed by atoms with E-state index < -0.39 is 0 Å². The molecule has 0 fully saturated rings. The molecule has 0 aromatic heterocycles. The molecule has 2 aromatic carbocycles. The first kappa shape index (κ1) is 20.6. The van der Waals surface area contributed by atoms with Gasteiger partial charge in [0.1, 0.15) is 0 Å². The van der Waals surface area contributed by atoms with Crippen molar-refractivity contribution in [1.82, 2.24) is 10.2 Å². The van der Waals surface area contributed by atoms with Gasteiger partial charge in [-0.2, -0.15) is 0 Å². The van der Waals surface area contributed by atoms with Crippen molar-refractivity contribution in [1.29, 1.82) is 0 Å². The lowest BCUT2D eigenvalue weighted by atomic mass is 9.99. The summed E-state index contributed by atoms with van der Waals surface area (Å²) >= 11 is 1.65. The van der Waals surface area contributed by atoms with Gasteiger partial charge in [0.05, 0.1) is 14.2 Å². The van der Waals surface area contributed by atoms with E-state index in [9.17, 15) is 4.79 Å². The fourth-order valence-electron chi connectivity index (χ4n) is 3.53. The van der Waals surface area contributed by atoms with Gasteiger partial charge in [-0.1, -0.05) is 6.07 Å². The second kappa shape index (κ2) is 9.34. The van der Waals surface area contributed by atoms with E-state index in [4.69, 9.17) is 9.47 Å². The van der Waals surface area contributed by atoms with Crippen LogP contribution in [0, 0.1) is 6.92 Å². The van der Waals surface area contributed by atoms with Crippen molar-refractivity contribution in [3.05, 3.63) is 52.6 Å². The summed E-state index contributed by atoms with van der Waals surface area (Å²) in [7, 11) is 3.33. The maximum absolute atomic E-state index is 12.6. The number of benzene rings is 2. The van der Waals surface area contributed by atoms with E-state index in [0.717, 1.165) is 53.6 Å². The molecule has 1 amide bonds. The number of nitrogens with one attached hydrogen (secondary N) is 1. The van der Waals surface area contributed by atoms with Crippen molar-refractivity contribution in [3.8, 4) is 11.5 Å². The Kier molecular flexibility index (Phi) is 6.86. The van der Waals surface area contributed by atoms with E-state index in [2.05, 4.69) is 22.3 Å². The first-order valence-electron chi connectivity index (χ1n) is 9.44. The predicted molar refractivity (Wildman–Crippen MR) is 114 cm³/mol. The summed E-state index contributed by atoms with van der Waals surface area (Å²) in [4.78, 5) is 16.0. The lowest BCUT2D eigenvalue weighted by molar-refractivity contribution is 0.0946. The smallest absolute Gasteiger partial charge is 0.251 e. The van der Waals surface area contributed by atoms with Gasteiger partial charge in [-0.05, 0) is 60.6 Å². The number of rotatable bonds is 7. The average Bonchev–Trinajstić information content (AvgIpc) is 2.72. The molecule has 0 bridgehead atoms. The molecule has 150 valence electrons. The van der Waals surface area contributed by atoms with Crippen LogP contribution in [0.3, 0.4) is 0 Å². The quantitative estimate of drug-likeness (QED) is 0.721. The minimum atomic E-state index is -0.00258. The van der Waals surface area contributed by atoms with Crippen molar-refractivity contribution >= 4 is 17.7 Å². The van der Waals surface area contributed by atoms with Gasteiger partial charge < -0.3 is 14.8 Å². The van der Waals surface area contributed by atoms with Gasteiger partial charge in [-0.25, -0.2) is 0 Å². The SMILES string of the molecule is COc1cc2c(cc1OC)CN(CCNC(=O)c1cc(SC)ccc1C)CC2. The van der Waals surface area contributed by atoms with Crippen LogP contribution in [0.15, 0.2) is 35.2 Å². The number of aryl methyl sites for hydroxylation is 1. The Balaban J connectivity index is 1.57. The van der Waals surface area contributed by atoms with Crippen LogP contribution in [-0.4, -0.2) is 50.9 Å². The second-order valence-electron chi connectivity index (χ2n) is 6.94. The third-order valence-corrected chi connectivity index (χ3v) is 5.93. The molecule has 0 spiro atoms. The van der Waals surface area contributed by atoms with Crippen molar-refractivity contribution in [2.45, 2.75) is 24.8 Å². The van der Waals surface area contributed by atoms with Crippen LogP contribution in [0.25, 0.3) is 0 Å². The molecule has 0 saturated carbocycles. The van der Waals surface area contributed by atoms with Crippen molar-refractivity contribution in [3.63, 3.8) is 0 Å². The summed E-state index contributed by atoms with van der Waals surface area (Å²) in [6.45, 7) is 5.25. The summed E-state index contributed by atoms with van der Waals surface area (Å²) in [5.41, 5.74) is 4.33. The normalized spacial score (nSPS) is 13.7. The molecule has 0 saturated heterocycles. The fourth-order valence-corrected chi connectivity index (χ4v) is 3.97. The number of nitrogens with zero attached hydrogens (tertiary/aromatic N) is 1. The van der Waals surface area contributed by atoms with Crippen molar-refractivity contribution in [2.24, 2.45) is 0 Å². The number of methoxy groups -OCH3 is 2. The first-order valence-corrected chi connectivity index (χ1v) is 10.7. The highest BCUT2D eigenvalue weighted by atomic mass is 32.2. The van der Waals surface area contributed by atoms with E-state index in [1.165, 1.54) is 11.1 Å². The van der Waals surface area contributed by atoms with Crippen LogP contribution in [0.4, 0.5) is 0 Å². The van der Waals surface area contributed by atoms with Crippen LogP contribution >= 0.6 is 11.8 Å². The van der Waals surface area contributed by atoms with Crippen molar-refractivity contribution < 1.29 is 14.3 Å². The van der Waals surface area contributed by atoms with E-state index in [-0.39, 0.29) is 5.91 Å². The minimum absolute atomic E-state index is 0.00258. The molecule has 6 heteroatoms. The molecule has 3 rings (SSSR count). The standard InChI is InChI=1S/C22H28N2O3S/c1-15-5-6-18(28-4)13-19(15)22(25)23-8-10-24-9-7-16-11-20(26-2)21(27-3)12-17(16)14-24/h5-6,11-13H,7-10,14H2,1-4H3,(H,23,25). The minimum Gasteiger partial charge on any atom is -0.493 e. The van der Waals surface area contributed by atoms with Gasteiger partial charge in [0.25, 0.3) is 5.91 Å². The highest BCUT2D eigenvalue weighted by Gasteiger charge is 2.19. The summed E-state index contributed by atoms with van der Waals surface area (Å²) in [5.74, 6) is 1.54. The number of hydrogen-bond acceptors (Lipinski definition) is 5. The Labute approximate surface area is 171 Å². The van der Waals surface area contributed by atoms with Crippen LogP contribution in [0.5, 0.6) is 11.5 Å². The van der Waals surface area contributed by atoms with Crippen LogP contribution < -0.4 is 14.8 Å². The first-order chi connectivity index (χ1) is 13.5. The van der Waals surface area contributed by atoms with E-state index in [1.54, 1.807) is 26.0 Å². The Morgan fingerprint density at radius 2 is 1.86 bits per heavy atom. The Morgan fingerprint density at radius 1 is 1.14 bits per heavy atom. The van der Waals surface area contributed by atoms with Crippen molar-refractivity contribution in [2.75, 3.05) is 40.1 Å². The van der Waals surface area contributed by atoms with Gasteiger partial charge in [0.15, 0.2) is 11.5 Å². The molecule has 5 nitrogen and oxygen atoms in total. The average molecular weight is 401 g/mol. The number of carbonyl (C=O) groups excluding carboxylic acids is 1. The number of thioether (sulfide) groups is 1. The Hall–Kier alpha value is -2.18. The summed E-state index contributed by atoms with van der Waals surface area (Å²) in [6, 6.07) is 10.2. The van der Waals surface area contributed by atoms with Gasteiger partial charge in [-0.15, -0.1) is 11.8 Å². The zero-order chi connectivity index (χ0) is 20.1. The molecule has 2 aromatic rings. The fraction of sp³-hybridized carbons (Fsp3) is 0.409. The van der Waals surface area contributed by atoms with E-state index in [1.807, 2.05) is 31.4 Å². The third-order valence-electron chi connectivity index (χ3n) is 5.20. The predicted octanol–water partition coefficient (Wildman–Crippen LogP) is 3.52. The van der Waals surface area contributed by atoms with Gasteiger partial charge >= 0.3 is 0 Å². The largest absolute Gasteiger partial charge is 0.493 e. The molecule has 28 heavy (non-hydrogen) atoms. The number of fused-ring (bicyclic) bond motifs is 1. The summed E-state index contributed by atoms with van der Waals surface area (Å²) in [6.07, 6.45) is 2.99. The monoisotopic (exact) mass is 400 g/mol.